The topological polar surface area (TPSA) is 51.2 Å². The maximum absolute atomic E-state index is 11.1. The Bertz CT molecular complexity index is 1120. The van der Waals surface area contributed by atoms with Crippen molar-refractivity contribution in [1.82, 2.24) is 4.90 Å². The van der Waals surface area contributed by atoms with Crippen molar-refractivity contribution in [1.29, 1.82) is 0 Å². The van der Waals surface area contributed by atoms with E-state index in [9.17, 15) is 5.11 Å². The Kier molecular flexibility index (Phi) is 11.3. The fourth-order valence-electron chi connectivity index (χ4n) is 5.48. The largest absolute Gasteiger partial charge is 0.507 e. The standard InChI is InChI=1S/C34H53NO4S2/c1-32(2,3)26-18-25(19-27(29(26)36)33(4,5)6)41-22-34(7,8)21-35-16-14-24(15-17-35)40-20-23-12-13-28(37-9)31(39-11)30(23)38-10/h12-13,18-19,24,36H,14-17,20-22H2,1-11H3. The van der Waals surface area contributed by atoms with Crippen LogP contribution in [-0.2, 0) is 16.6 Å². The highest BCUT2D eigenvalue weighted by atomic mass is 32.2. The molecule has 2 aromatic carbocycles. The summed E-state index contributed by atoms with van der Waals surface area (Å²) >= 11 is 3.95. The second-order valence-electron chi connectivity index (χ2n) is 14.1. The van der Waals surface area contributed by atoms with E-state index in [-0.39, 0.29) is 16.2 Å². The fourth-order valence-corrected chi connectivity index (χ4v) is 7.72. The number of rotatable bonds is 11. The lowest BCUT2D eigenvalue weighted by Crippen LogP contribution is -2.41. The minimum absolute atomic E-state index is 0.108. The number of methoxy groups -OCH3 is 3. The Morgan fingerprint density at radius 3 is 1.88 bits per heavy atom. The van der Waals surface area contributed by atoms with E-state index in [0.717, 1.165) is 53.6 Å². The summed E-state index contributed by atoms with van der Waals surface area (Å²) < 4.78 is 16.7. The monoisotopic (exact) mass is 603 g/mol. The van der Waals surface area contributed by atoms with E-state index in [1.165, 1.54) is 17.7 Å². The Morgan fingerprint density at radius 1 is 0.829 bits per heavy atom. The van der Waals surface area contributed by atoms with Gasteiger partial charge in [-0.25, -0.2) is 0 Å². The second kappa shape index (κ2) is 13.7. The molecule has 1 saturated heterocycles. The van der Waals surface area contributed by atoms with Crippen LogP contribution in [0.1, 0.15) is 84.9 Å². The third-order valence-corrected chi connectivity index (χ3v) is 10.7. The van der Waals surface area contributed by atoms with E-state index in [4.69, 9.17) is 14.2 Å². The van der Waals surface area contributed by atoms with E-state index in [0.29, 0.717) is 22.5 Å². The quantitative estimate of drug-likeness (QED) is 0.258. The number of benzene rings is 2. The summed E-state index contributed by atoms with van der Waals surface area (Å²) in [6.07, 6.45) is 2.40. The summed E-state index contributed by atoms with van der Waals surface area (Å²) in [6, 6.07) is 8.47. The van der Waals surface area contributed by atoms with Crippen LogP contribution in [0.5, 0.6) is 23.0 Å². The average Bonchev–Trinajstić information content (AvgIpc) is 2.89. The summed E-state index contributed by atoms with van der Waals surface area (Å²) in [5.74, 6) is 4.53. The molecule has 0 radical (unpaired) electrons. The third kappa shape index (κ3) is 8.90. The van der Waals surface area contributed by atoms with Gasteiger partial charge in [-0.05, 0) is 60.4 Å². The molecule has 0 aromatic heterocycles. The van der Waals surface area contributed by atoms with Crippen LogP contribution in [0.4, 0.5) is 0 Å². The van der Waals surface area contributed by atoms with Crippen molar-refractivity contribution in [3.8, 4) is 23.0 Å². The minimum atomic E-state index is -0.108. The first-order chi connectivity index (χ1) is 19.1. The summed E-state index contributed by atoms with van der Waals surface area (Å²) in [5, 5.41) is 11.7. The van der Waals surface area contributed by atoms with Crippen molar-refractivity contribution in [2.24, 2.45) is 5.41 Å². The Balaban J connectivity index is 1.56. The van der Waals surface area contributed by atoms with Gasteiger partial charge in [-0.15, -0.1) is 11.8 Å². The zero-order chi connectivity index (χ0) is 30.6. The predicted octanol–water partition coefficient (Wildman–Crippen LogP) is 8.53. The molecule has 0 bridgehead atoms. The summed E-state index contributed by atoms with van der Waals surface area (Å²) in [7, 11) is 5.00. The number of aromatic hydroxyl groups is 1. The van der Waals surface area contributed by atoms with Crippen LogP contribution in [0.3, 0.4) is 0 Å². The highest BCUT2D eigenvalue weighted by Crippen LogP contribution is 2.44. The van der Waals surface area contributed by atoms with E-state index in [2.05, 4.69) is 78.5 Å². The van der Waals surface area contributed by atoms with E-state index >= 15 is 0 Å². The summed E-state index contributed by atoms with van der Waals surface area (Å²) in [4.78, 5) is 3.90. The molecule has 230 valence electrons. The molecule has 1 N–H and O–H groups in total. The molecule has 0 saturated carbocycles. The van der Waals surface area contributed by atoms with Gasteiger partial charge in [0, 0.05) is 44.9 Å². The van der Waals surface area contributed by atoms with Gasteiger partial charge in [-0.3, -0.25) is 0 Å². The van der Waals surface area contributed by atoms with Crippen LogP contribution in [0.25, 0.3) is 0 Å². The number of phenols is 1. The number of piperidine rings is 1. The molecule has 0 amide bonds. The summed E-state index contributed by atoms with van der Waals surface area (Å²) in [6.45, 7) is 21.2. The fraction of sp³-hybridized carbons (Fsp3) is 0.647. The number of nitrogens with zero attached hydrogens (tertiary/aromatic N) is 1. The number of thioether (sulfide) groups is 2. The highest BCUT2D eigenvalue weighted by Gasteiger charge is 2.29. The molecule has 5 nitrogen and oxygen atoms in total. The lowest BCUT2D eigenvalue weighted by atomic mass is 9.79. The van der Waals surface area contributed by atoms with Gasteiger partial charge < -0.3 is 24.2 Å². The Morgan fingerprint density at radius 2 is 1.39 bits per heavy atom. The zero-order valence-corrected chi connectivity index (χ0v) is 28.9. The molecule has 0 aliphatic carbocycles. The van der Waals surface area contributed by atoms with Crippen LogP contribution in [0.15, 0.2) is 29.2 Å². The van der Waals surface area contributed by atoms with Crippen molar-refractivity contribution in [2.75, 3.05) is 46.7 Å². The third-order valence-electron chi connectivity index (χ3n) is 7.78. The Hall–Kier alpha value is -1.70. The van der Waals surface area contributed by atoms with Crippen molar-refractivity contribution >= 4 is 23.5 Å². The first-order valence-corrected chi connectivity index (χ1v) is 16.8. The van der Waals surface area contributed by atoms with Crippen LogP contribution < -0.4 is 14.2 Å². The van der Waals surface area contributed by atoms with E-state index in [1.807, 2.05) is 29.6 Å². The second-order valence-corrected chi connectivity index (χ2v) is 16.4. The molecule has 3 rings (SSSR count). The summed E-state index contributed by atoms with van der Waals surface area (Å²) in [5.41, 5.74) is 3.19. The van der Waals surface area contributed by atoms with Crippen molar-refractivity contribution in [2.45, 2.75) is 95.0 Å². The van der Waals surface area contributed by atoms with Crippen molar-refractivity contribution in [3.63, 3.8) is 0 Å². The van der Waals surface area contributed by atoms with Crippen molar-refractivity contribution in [3.05, 3.63) is 41.0 Å². The first kappa shape index (κ1) is 33.8. The number of hydrogen-bond acceptors (Lipinski definition) is 7. The maximum atomic E-state index is 11.1. The SMILES string of the molecule is COc1ccc(CSC2CCN(CC(C)(C)CSc3cc(C(C)(C)C)c(O)c(C(C)(C)C)c3)CC2)c(OC)c1OC. The normalized spacial score (nSPS) is 15.7. The van der Waals surface area contributed by atoms with E-state index in [1.54, 1.807) is 21.3 Å². The average molecular weight is 604 g/mol. The molecule has 7 heteroatoms. The molecular weight excluding hydrogens is 551 g/mol. The van der Waals surface area contributed by atoms with Gasteiger partial charge in [0.25, 0.3) is 0 Å². The van der Waals surface area contributed by atoms with Gasteiger partial charge in [0.1, 0.15) is 5.75 Å². The molecular formula is C34H53NO4S2. The molecule has 1 fully saturated rings. The van der Waals surface area contributed by atoms with Crippen molar-refractivity contribution < 1.29 is 19.3 Å². The lowest BCUT2D eigenvalue weighted by Gasteiger charge is -2.37. The van der Waals surface area contributed by atoms with Crippen LogP contribution >= 0.6 is 23.5 Å². The first-order valence-electron chi connectivity index (χ1n) is 14.7. The van der Waals surface area contributed by atoms with Gasteiger partial charge in [0.2, 0.25) is 5.75 Å². The number of likely N-dealkylation sites (tertiary alicyclic amines) is 1. The van der Waals surface area contributed by atoms with E-state index < -0.39 is 0 Å². The van der Waals surface area contributed by atoms with Gasteiger partial charge in [0.05, 0.1) is 21.3 Å². The minimum Gasteiger partial charge on any atom is -0.507 e. The van der Waals surface area contributed by atoms with Crippen LogP contribution in [0.2, 0.25) is 0 Å². The van der Waals surface area contributed by atoms with Crippen LogP contribution in [0, 0.1) is 5.41 Å². The molecule has 1 heterocycles. The predicted molar refractivity (Wildman–Crippen MR) is 177 cm³/mol. The number of ether oxygens (including phenoxy) is 3. The number of phenolic OH excluding ortho intramolecular Hbond substituents is 1. The highest BCUT2D eigenvalue weighted by molar-refractivity contribution is 7.99. The zero-order valence-electron chi connectivity index (χ0n) is 27.3. The van der Waals surface area contributed by atoms with Gasteiger partial charge >= 0.3 is 0 Å². The van der Waals surface area contributed by atoms with Gasteiger partial charge in [-0.2, -0.15) is 11.8 Å². The molecule has 1 aliphatic heterocycles. The molecule has 0 unspecified atom stereocenters. The smallest absolute Gasteiger partial charge is 0.203 e. The molecule has 0 atom stereocenters. The molecule has 2 aromatic rings. The molecule has 41 heavy (non-hydrogen) atoms. The molecule has 1 aliphatic rings. The Labute approximate surface area is 258 Å². The van der Waals surface area contributed by atoms with Gasteiger partial charge in [0.15, 0.2) is 11.5 Å². The number of hydrogen-bond donors (Lipinski definition) is 1. The van der Waals surface area contributed by atoms with Crippen LogP contribution in [-0.4, -0.2) is 62.0 Å². The van der Waals surface area contributed by atoms with Gasteiger partial charge in [-0.1, -0.05) is 61.5 Å². The molecule has 0 spiro atoms. The lowest BCUT2D eigenvalue weighted by molar-refractivity contribution is 0.169. The maximum Gasteiger partial charge on any atom is 0.203 e.